The number of aryl methyl sites for hydroxylation is 4. The van der Waals surface area contributed by atoms with Gasteiger partial charge in [-0.2, -0.15) is 0 Å². The van der Waals surface area contributed by atoms with E-state index in [0.717, 1.165) is 113 Å². The van der Waals surface area contributed by atoms with Crippen molar-refractivity contribution in [3.63, 3.8) is 0 Å². The molecule has 708 valence electrons. The molecule has 0 N–H and O–H groups in total. The summed E-state index contributed by atoms with van der Waals surface area (Å²) in [6.07, 6.45) is 32.6. The van der Waals surface area contributed by atoms with Crippen LogP contribution in [0.1, 0.15) is 73.7 Å². The summed E-state index contributed by atoms with van der Waals surface area (Å²) in [5.74, 6) is 9.05. The van der Waals surface area contributed by atoms with Gasteiger partial charge in [0.25, 0.3) is 0 Å². The zero-order chi connectivity index (χ0) is 95.6. The molecule has 9 aromatic carbocycles. The second-order valence-electron chi connectivity index (χ2n) is 32.5. The van der Waals surface area contributed by atoms with Crippen LogP contribution in [0, 0.1) is 65.1 Å². The Morgan fingerprint density at radius 3 is 1.06 bits per heavy atom. The van der Waals surface area contributed by atoms with Crippen molar-refractivity contribution in [2.45, 2.75) is 67.2 Å². The summed E-state index contributed by atoms with van der Waals surface area (Å²) < 4.78 is 21.7. The Balaban J connectivity index is 0.000000162. The Morgan fingerprint density at radius 1 is 0.317 bits per heavy atom. The average Bonchev–Trinajstić information content (AvgIpc) is 1.17. The molecule has 0 saturated heterocycles. The molecule has 12 aromatic heterocycles. The average molecular weight is 2450 g/mol. The molecular formula is C110H87Cl2N25O2Pt3. The third-order valence-electron chi connectivity index (χ3n) is 22.7. The molecule has 0 spiro atoms. The topological polar surface area (TPSA) is 264 Å². The van der Waals surface area contributed by atoms with E-state index in [9.17, 15) is 0 Å². The van der Waals surface area contributed by atoms with Crippen molar-refractivity contribution in [2.75, 3.05) is 28.9 Å². The van der Waals surface area contributed by atoms with E-state index in [1.165, 1.54) is 0 Å². The summed E-state index contributed by atoms with van der Waals surface area (Å²) in [6.45, 7) is 16.2. The van der Waals surface area contributed by atoms with E-state index >= 15 is 0 Å². The van der Waals surface area contributed by atoms with Gasteiger partial charge in [0, 0.05) is 84.2 Å². The molecule has 0 aliphatic carbocycles. The fourth-order valence-electron chi connectivity index (χ4n) is 16.5. The summed E-state index contributed by atoms with van der Waals surface area (Å²) >= 11 is 13.3. The van der Waals surface area contributed by atoms with Gasteiger partial charge in [-0.15, -0.1) is 24.3 Å². The number of anilines is 9. The number of methoxy groups -OCH3 is 2. The van der Waals surface area contributed by atoms with Gasteiger partial charge in [-0.05, 0) is 130 Å². The third kappa shape index (κ3) is 21.0. The Morgan fingerprint density at radius 2 is 0.683 bits per heavy atom. The van der Waals surface area contributed by atoms with Gasteiger partial charge >= 0.3 is 63.2 Å². The van der Waals surface area contributed by atoms with Crippen molar-refractivity contribution in [3.05, 3.63) is 416 Å². The van der Waals surface area contributed by atoms with Gasteiger partial charge in [-0.3, -0.25) is 39.7 Å². The number of rotatable bonds is 25. The van der Waals surface area contributed by atoms with Crippen molar-refractivity contribution < 1.29 is 72.7 Å². The van der Waals surface area contributed by atoms with E-state index in [-0.39, 0.29) is 75.0 Å². The third-order valence-corrected chi connectivity index (χ3v) is 23.3. The molecule has 0 amide bonds. The van der Waals surface area contributed by atoms with Crippen LogP contribution in [0.4, 0.5) is 52.2 Å². The summed E-state index contributed by atoms with van der Waals surface area (Å²) in [5, 5.41) is 0.832. The van der Waals surface area contributed by atoms with Gasteiger partial charge in [0.15, 0.2) is 11.9 Å². The van der Waals surface area contributed by atoms with E-state index in [1.54, 1.807) is 117 Å². The number of para-hydroxylation sites is 3. The zero-order valence-electron chi connectivity index (χ0n) is 78.1. The fraction of sp³-hybridized carbons (Fsp3) is 0.109. The monoisotopic (exact) mass is 2440 g/mol. The van der Waals surface area contributed by atoms with E-state index in [1.807, 2.05) is 187 Å². The normalized spacial score (nSPS) is 10.9. The molecule has 21 rings (SSSR count). The van der Waals surface area contributed by atoms with Crippen LogP contribution >= 0.6 is 23.2 Å². The van der Waals surface area contributed by atoms with E-state index in [2.05, 4.69) is 199 Å². The zero-order valence-corrected chi connectivity index (χ0v) is 86.4. The summed E-state index contributed by atoms with van der Waals surface area (Å²) in [4.78, 5) is 82.6. The van der Waals surface area contributed by atoms with Gasteiger partial charge < -0.3 is 56.8 Å². The number of ether oxygens (including phenoxy) is 2. The molecule has 142 heavy (non-hydrogen) atoms. The van der Waals surface area contributed by atoms with E-state index in [0.29, 0.717) is 97.8 Å². The molecule has 0 aliphatic heterocycles. The standard InChI is InChI=1S/C56H37N9.C30H31N7O2.C24H19Cl2N9.3Pt/c1-7-20-40(21-8-1)46-32-19-33-47(41-22-9-2-10-23-41)54(46)65(48-34-36-57-55(61-48)63-38-59-50(42-24-11-3-12-25-42)52(63)44-28-15-5-16-29-44)49-35-37-58-56(62-49)64-39-60-51(43-26-13-4-14-27-43)53(64)45-30-17-6-18-31-45;1-20(2)22-10-7-11-23(21(3)4)28(22)37(29-31-16-14-24(33-29)35-18-8-12-26(35)38-5)30-32-17-15-25(34-30)36-19-9-13-27(36)39-6;1-14-12-33(16(3)29-14)20-8-27-10-22(31-20)35(24-18(25)6-5-7-19(24)26)23-11-28-9-21(32-23)34-13-15(2)30-17(34)4;;;/h1-37H;7-17,20-21H,1-6H3;5-11H,1-4H3;;;/q3*-2;3*+2. The van der Waals surface area contributed by atoms with Crippen molar-refractivity contribution in [1.29, 1.82) is 0 Å². The Hall–Kier alpha value is -15.5. The number of aromatic nitrogens is 22. The Labute approximate surface area is 874 Å². The van der Waals surface area contributed by atoms with Crippen LogP contribution in [0.15, 0.2) is 335 Å². The molecule has 0 radical (unpaired) electrons. The van der Waals surface area contributed by atoms with Crippen LogP contribution in [0.5, 0.6) is 11.8 Å². The van der Waals surface area contributed by atoms with Gasteiger partial charge in [0.05, 0.1) is 77.1 Å². The van der Waals surface area contributed by atoms with Gasteiger partial charge in [0.1, 0.15) is 23.3 Å². The van der Waals surface area contributed by atoms with Crippen molar-refractivity contribution >= 4 is 75.4 Å². The second kappa shape index (κ2) is 45.2. The maximum Gasteiger partial charge on any atom is 2.00 e. The number of benzene rings is 9. The second-order valence-corrected chi connectivity index (χ2v) is 33.3. The van der Waals surface area contributed by atoms with Crippen LogP contribution < -0.4 is 24.2 Å². The molecule has 0 saturated carbocycles. The first-order chi connectivity index (χ1) is 68.0. The minimum Gasteiger partial charge on any atom is -0.533 e. The first-order valence-electron chi connectivity index (χ1n) is 44.6. The van der Waals surface area contributed by atoms with E-state index < -0.39 is 0 Å². The quantitative estimate of drug-likeness (QED) is 0.0481. The SMILES string of the molecule is COc1cc[c-]n1-c1ccnc(N(c2nccc(-n3[c-]ccc3OC)n2)c2c(C(C)C)cccc2C(C)C)n1.Cc1[c-]n(-c2cncc(N(c3cncc(-n4[c-]c(C)nc4C)n3)c3c(Cl)cccc3Cl)n2)c(C)n1.[Pt+2].[Pt+2].[Pt+2].[c-]1nc(-c2ccccc2)c(-c2ccccc2)n1-c1nccc(N(c2ccnc(-n3[c-]nc(-c4ccccc4)c3-c3ccccc3)n2)c2c(-c3ccccc3)cccc2-c2ccccc2)n1. The maximum atomic E-state index is 6.63. The Kier molecular flexibility index (Phi) is 31.7. The maximum absolute atomic E-state index is 6.63. The van der Waals surface area contributed by atoms with E-state index in [4.69, 9.17) is 92.5 Å². The predicted molar refractivity (Wildman–Crippen MR) is 540 cm³/mol. The molecule has 0 fully saturated rings. The predicted octanol–water partition coefficient (Wildman–Crippen LogP) is 24.1. The minimum absolute atomic E-state index is 0. The van der Waals surface area contributed by atoms with Crippen LogP contribution in [0.2, 0.25) is 10.0 Å². The number of hydrogen-bond donors (Lipinski definition) is 0. The van der Waals surface area contributed by atoms with Crippen LogP contribution in [0.25, 0.3) is 102 Å². The van der Waals surface area contributed by atoms with Gasteiger partial charge in [-0.25, -0.2) is 34.8 Å². The summed E-state index contributed by atoms with van der Waals surface area (Å²) in [5.41, 5.74) is 17.1. The van der Waals surface area contributed by atoms with Crippen LogP contribution in [-0.2, 0) is 63.2 Å². The molecular weight excluding hydrogens is 2360 g/mol. The first-order valence-corrected chi connectivity index (χ1v) is 45.4. The van der Waals surface area contributed by atoms with Crippen LogP contribution in [-0.4, -0.2) is 121 Å². The molecule has 21 aromatic rings. The van der Waals surface area contributed by atoms with Gasteiger partial charge in [0.2, 0.25) is 11.9 Å². The largest absolute Gasteiger partial charge is 2.00 e. The molecule has 0 bridgehead atoms. The van der Waals surface area contributed by atoms with Gasteiger partial charge in [-0.1, -0.05) is 325 Å². The fourth-order valence-corrected chi connectivity index (χ4v) is 17.0. The number of nitrogens with zero attached hydrogens (tertiary/aromatic N) is 25. The van der Waals surface area contributed by atoms with Crippen LogP contribution in [0.3, 0.4) is 0 Å². The van der Waals surface area contributed by atoms with Crippen molar-refractivity contribution in [1.82, 2.24) is 107 Å². The number of halogens is 2. The minimum atomic E-state index is 0. The van der Waals surface area contributed by atoms with Crippen molar-refractivity contribution in [3.8, 4) is 114 Å². The molecule has 12 heterocycles. The van der Waals surface area contributed by atoms with Crippen molar-refractivity contribution in [2.24, 2.45) is 0 Å². The summed E-state index contributed by atoms with van der Waals surface area (Å²) in [6, 6.07) is 94.0. The summed E-state index contributed by atoms with van der Waals surface area (Å²) in [7, 11) is 3.24. The molecule has 27 nitrogen and oxygen atoms in total. The molecule has 0 aliphatic rings. The number of imidazole rings is 4. The number of hydrogen-bond acceptors (Lipinski definition) is 21. The Bertz CT molecular complexity index is 7440. The smallest absolute Gasteiger partial charge is 0.533 e. The molecule has 32 heteroatoms. The first kappa shape index (κ1) is 99.5. The molecule has 0 unspecified atom stereocenters. The molecule has 0 atom stereocenters.